The summed E-state index contributed by atoms with van der Waals surface area (Å²) in [6.07, 6.45) is 0. The second-order valence-corrected chi connectivity index (χ2v) is 3.61. The molecule has 1 unspecified atom stereocenters. The molecular formula is C12H16N2O2. The van der Waals surface area contributed by atoms with Crippen LogP contribution in [0.4, 0.5) is 0 Å². The van der Waals surface area contributed by atoms with Crippen molar-refractivity contribution in [3.05, 3.63) is 29.3 Å². The van der Waals surface area contributed by atoms with Crippen molar-refractivity contribution >= 4 is 0 Å². The molecule has 4 nitrogen and oxygen atoms in total. The van der Waals surface area contributed by atoms with Gasteiger partial charge in [0.05, 0.1) is 19.3 Å². The number of nitrogens with zero attached hydrogens (tertiary/aromatic N) is 1. The molecule has 86 valence electrons. The summed E-state index contributed by atoms with van der Waals surface area (Å²) in [7, 11) is 1.54. The van der Waals surface area contributed by atoms with Gasteiger partial charge in [-0.05, 0) is 24.6 Å². The standard InChI is InChI=1S/C12H16N2O2/c1-9(8-15)14-7-10-3-4-12(16-2)11(5-10)6-13/h3-5,9,14-15H,7-8H2,1-2H3. The normalized spacial score (nSPS) is 11.9. The lowest BCUT2D eigenvalue weighted by Gasteiger charge is -2.11. The van der Waals surface area contributed by atoms with Gasteiger partial charge in [0.1, 0.15) is 11.8 Å². The molecule has 1 aromatic rings. The van der Waals surface area contributed by atoms with Gasteiger partial charge >= 0.3 is 0 Å². The van der Waals surface area contributed by atoms with Crippen molar-refractivity contribution in [2.45, 2.75) is 19.5 Å². The van der Waals surface area contributed by atoms with Crippen molar-refractivity contribution < 1.29 is 9.84 Å². The van der Waals surface area contributed by atoms with Crippen LogP contribution in [0.2, 0.25) is 0 Å². The van der Waals surface area contributed by atoms with Gasteiger partial charge in [0.25, 0.3) is 0 Å². The van der Waals surface area contributed by atoms with Crippen molar-refractivity contribution in [2.24, 2.45) is 0 Å². The van der Waals surface area contributed by atoms with Crippen LogP contribution in [0.5, 0.6) is 5.75 Å². The average Bonchev–Trinajstić information content (AvgIpc) is 2.35. The van der Waals surface area contributed by atoms with E-state index in [-0.39, 0.29) is 12.6 Å². The predicted octanol–water partition coefficient (Wildman–Crippen LogP) is 1.04. The third-order valence-corrected chi connectivity index (χ3v) is 2.31. The van der Waals surface area contributed by atoms with Gasteiger partial charge in [-0.2, -0.15) is 5.26 Å². The Hall–Kier alpha value is -1.57. The molecule has 1 atom stereocenters. The average molecular weight is 220 g/mol. The quantitative estimate of drug-likeness (QED) is 0.778. The number of benzene rings is 1. The number of aliphatic hydroxyl groups is 1. The second kappa shape index (κ2) is 6.11. The van der Waals surface area contributed by atoms with Crippen molar-refractivity contribution in [3.8, 4) is 11.8 Å². The van der Waals surface area contributed by atoms with Crippen LogP contribution in [0, 0.1) is 11.3 Å². The van der Waals surface area contributed by atoms with Crippen LogP contribution in [0.25, 0.3) is 0 Å². The molecule has 2 N–H and O–H groups in total. The molecule has 0 aliphatic rings. The fourth-order valence-corrected chi connectivity index (χ4v) is 1.31. The first kappa shape index (κ1) is 12.5. The molecule has 0 aromatic heterocycles. The van der Waals surface area contributed by atoms with E-state index in [2.05, 4.69) is 11.4 Å². The minimum Gasteiger partial charge on any atom is -0.495 e. The first-order valence-electron chi connectivity index (χ1n) is 5.12. The minimum absolute atomic E-state index is 0.0487. The molecule has 0 spiro atoms. The Morgan fingerprint density at radius 1 is 1.56 bits per heavy atom. The van der Waals surface area contributed by atoms with Crippen molar-refractivity contribution in [1.82, 2.24) is 5.32 Å². The van der Waals surface area contributed by atoms with E-state index in [0.29, 0.717) is 17.9 Å². The van der Waals surface area contributed by atoms with E-state index in [4.69, 9.17) is 15.1 Å². The van der Waals surface area contributed by atoms with Crippen LogP contribution in [0.1, 0.15) is 18.1 Å². The number of nitriles is 1. The highest BCUT2D eigenvalue weighted by atomic mass is 16.5. The Kier molecular flexibility index (Phi) is 4.77. The fourth-order valence-electron chi connectivity index (χ4n) is 1.31. The Morgan fingerprint density at radius 3 is 2.88 bits per heavy atom. The van der Waals surface area contributed by atoms with Crippen LogP contribution >= 0.6 is 0 Å². The fraction of sp³-hybridized carbons (Fsp3) is 0.417. The molecule has 0 heterocycles. The molecular weight excluding hydrogens is 204 g/mol. The molecule has 0 fully saturated rings. The molecule has 0 radical (unpaired) electrons. The number of hydrogen-bond acceptors (Lipinski definition) is 4. The van der Waals surface area contributed by atoms with Crippen LogP contribution in [0.15, 0.2) is 18.2 Å². The summed E-state index contributed by atoms with van der Waals surface area (Å²) in [5, 5.41) is 20.9. The maximum atomic E-state index is 8.91. The van der Waals surface area contributed by atoms with E-state index < -0.39 is 0 Å². The van der Waals surface area contributed by atoms with E-state index in [0.717, 1.165) is 5.56 Å². The lowest BCUT2D eigenvalue weighted by Crippen LogP contribution is -2.28. The van der Waals surface area contributed by atoms with Gasteiger partial charge in [0, 0.05) is 12.6 Å². The Labute approximate surface area is 95.5 Å². The number of methoxy groups -OCH3 is 1. The molecule has 0 amide bonds. The highest BCUT2D eigenvalue weighted by Gasteiger charge is 2.04. The zero-order valence-electron chi connectivity index (χ0n) is 9.53. The van der Waals surface area contributed by atoms with Gasteiger partial charge < -0.3 is 15.2 Å². The summed E-state index contributed by atoms with van der Waals surface area (Å²) in [4.78, 5) is 0. The van der Waals surface area contributed by atoms with E-state index in [1.165, 1.54) is 0 Å². The summed E-state index contributed by atoms with van der Waals surface area (Å²) < 4.78 is 5.06. The summed E-state index contributed by atoms with van der Waals surface area (Å²) in [5.41, 5.74) is 1.52. The molecule has 16 heavy (non-hydrogen) atoms. The summed E-state index contributed by atoms with van der Waals surface area (Å²) in [6.45, 7) is 2.62. The zero-order valence-corrected chi connectivity index (χ0v) is 9.53. The summed E-state index contributed by atoms with van der Waals surface area (Å²) in [6, 6.07) is 7.60. The third kappa shape index (κ3) is 3.23. The Bertz CT molecular complexity index is 385. The number of aliphatic hydroxyl groups excluding tert-OH is 1. The molecule has 0 bridgehead atoms. The first-order valence-corrected chi connectivity index (χ1v) is 5.12. The minimum atomic E-state index is 0.0487. The van der Waals surface area contributed by atoms with Gasteiger partial charge in [-0.1, -0.05) is 6.07 Å². The van der Waals surface area contributed by atoms with E-state index >= 15 is 0 Å². The lowest BCUT2D eigenvalue weighted by molar-refractivity contribution is 0.251. The van der Waals surface area contributed by atoms with Gasteiger partial charge in [-0.3, -0.25) is 0 Å². The monoisotopic (exact) mass is 220 g/mol. The summed E-state index contributed by atoms with van der Waals surface area (Å²) >= 11 is 0. The second-order valence-electron chi connectivity index (χ2n) is 3.61. The van der Waals surface area contributed by atoms with E-state index in [1.807, 2.05) is 13.0 Å². The van der Waals surface area contributed by atoms with E-state index in [1.54, 1.807) is 19.2 Å². The molecule has 0 aliphatic carbocycles. The van der Waals surface area contributed by atoms with Crippen molar-refractivity contribution in [2.75, 3.05) is 13.7 Å². The zero-order chi connectivity index (χ0) is 12.0. The highest BCUT2D eigenvalue weighted by molar-refractivity contribution is 5.45. The topological polar surface area (TPSA) is 65.3 Å². The summed E-state index contributed by atoms with van der Waals surface area (Å²) in [5.74, 6) is 0.585. The maximum Gasteiger partial charge on any atom is 0.136 e. The van der Waals surface area contributed by atoms with Gasteiger partial charge in [-0.15, -0.1) is 0 Å². The molecule has 4 heteroatoms. The van der Waals surface area contributed by atoms with Crippen molar-refractivity contribution in [1.29, 1.82) is 5.26 Å². The molecule has 0 saturated heterocycles. The largest absolute Gasteiger partial charge is 0.495 e. The third-order valence-electron chi connectivity index (χ3n) is 2.31. The van der Waals surface area contributed by atoms with Crippen LogP contribution in [-0.2, 0) is 6.54 Å². The van der Waals surface area contributed by atoms with E-state index in [9.17, 15) is 0 Å². The number of ether oxygens (including phenoxy) is 1. The van der Waals surface area contributed by atoms with Gasteiger partial charge in [-0.25, -0.2) is 0 Å². The van der Waals surface area contributed by atoms with Gasteiger partial charge in [0.15, 0.2) is 0 Å². The Balaban J connectivity index is 2.72. The lowest BCUT2D eigenvalue weighted by atomic mass is 10.1. The molecule has 1 rings (SSSR count). The first-order chi connectivity index (χ1) is 7.71. The number of hydrogen-bond donors (Lipinski definition) is 2. The predicted molar refractivity (Wildman–Crippen MR) is 61.1 cm³/mol. The molecule has 1 aromatic carbocycles. The number of rotatable bonds is 5. The van der Waals surface area contributed by atoms with Gasteiger partial charge in [0.2, 0.25) is 0 Å². The van der Waals surface area contributed by atoms with Crippen LogP contribution in [-0.4, -0.2) is 24.9 Å². The SMILES string of the molecule is COc1ccc(CNC(C)CO)cc1C#N. The Morgan fingerprint density at radius 2 is 2.31 bits per heavy atom. The smallest absolute Gasteiger partial charge is 0.136 e. The van der Waals surface area contributed by atoms with Crippen LogP contribution < -0.4 is 10.1 Å². The number of nitrogens with one attached hydrogen (secondary N) is 1. The molecule has 0 saturated carbocycles. The van der Waals surface area contributed by atoms with Crippen LogP contribution in [0.3, 0.4) is 0 Å². The molecule has 0 aliphatic heterocycles. The maximum absolute atomic E-state index is 8.91. The highest BCUT2D eigenvalue weighted by Crippen LogP contribution is 2.18. The van der Waals surface area contributed by atoms with Crippen molar-refractivity contribution in [3.63, 3.8) is 0 Å².